The van der Waals surface area contributed by atoms with E-state index >= 15 is 0 Å². The molecule has 3 unspecified atom stereocenters. The van der Waals surface area contributed by atoms with Gasteiger partial charge in [-0.2, -0.15) is 25.7 Å². The lowest BCUT2D eigenvalue weighted by molar-refractivity contribution is -0.134. The molecule has 0 spiro atoms. The number of anilines is 2. The second kappa shape index (κ2) is 16.3. The molecule has 5 atom stereocenters. The Labute approximate surface area is 337 Å². The number of nitriles is 2. The molecule has 22 heteroatoms. The third-order valence-corrected chi connectivity index (χ3v) is 10.6. The summed E-state index contributed by atoms with van der Waals surface area (Å²) < 4.78 is 85.1. The van der Waals surface area contributed by atoms with Gasteiger partial charge in [-0.3, -0.25) is 23.9 Å². The third-order valence-electron chi connectivity index (χ3n) is 10.6. The molecule has 0 bridgehead atoms. The zero-order chi connectivity index (χ0) is 43.2. The van der Waals surface area contributed by atoms with Crippen LogP contribution in [0, 0.1) is 69.4 Å². The smallest absolute Gasteiger partial charge is 0.315 e. The maximum absolute atomic E-state index is 13.9. The van der Waals surface area contributed by atoms with Crippen molar-refractivity contribution in [1.29, 1.82) is 10.5 Å². The van der Waals surface area contributed by atoms with E-state index in [0.29, 0.717) is 43.0 Å². The molecule has 2 aromatic carbocycles. The van der Waals surface area contributed by atoms with Crippen molar-refractivity contribution in [2.45, 2.75) is 64.6 Å². The number of nitrogens with one attached hydrogen (secondary N) is 1. The van der Waals surface area contributed by atoms with Crippen molar-refractivity contribution in [2.75, 3.05) is 23.4 Å². The second-order valence-corrected chi connectivity index (χ2v) is 14.6. The summed E-state index contributed by atoms with van der Waals surface area (Å²) in [7, 11) is 0. The average Bonchev–Trinajstić information content (AvgIpc) is 4.02. The maximum Gasteiger partial charge on any atom is 0.344 e. The molecule has 2 fully saturated rings. The Kier molecular flexibility index (Phi) is 11.1. The number of carbonyl (C=O) groups is 4. The number of halogens is 6. The molecule has 4 aliphatic rings. The molecule has 60 heavy (non-hydrogen) atoms. The van der Waals surface area contributed by atoms with Crippen molar-refractivity contribution in [3.63, 3.8) is 0 Å². The Morgan fingerprint density at radius 1 is 0.767 bits per heavy atom. The predicted octanol–water partition coefficient (Wildman–Crippen LogP) is 5.03. The number of carbonyl (C=O) groups excluding carboxylic acids is 4. The fraction of sp³-hybridized carbons (Fsp3) is 0.368. The van der Waals surface area contributed by atoms with Crippen molar-refractivity contribution in [3.05, 3.63) is 95.1 Å². The number of amides is 6. The first-order valence-corrected chi connectivity index (χ1v) is 18.5. The molecule has 8 rings (SSSR count). The molecule has 16 nitrogen and oxygen atoms in total. The second-order valence-electron chi connectivity index (χ2n) is 14.6. The highest BCUT2D eigenvalue weighted by atomic mass is 19.2. The number of urea groups is 2. The quantitative estimate of drug-likeness (QED) is 0.220. The monoisotopic (exact) mass is 836 g/mol. The van der Waals surface area contributed by atoms with E-state index in [4.69, 9.17) is 0 Å². The number of hydrazine groups is 1. The van der Waals surface area contributed by atoms with E-state index in [1.54, 1.807) is 47.7 Å². The first-order valence-electron chi connectivity index (χ1n) is 18.5. The van der Waals surface area contributed by atoms with Gasteiger partial charge in [-0.1, -0.05) is 0 Å². The summed E-state index contributed by atoms with van der Waals surface area (Å²) in [4.78, 5) is 55.9. The Morgan fingerprint density at radius 2 is 1.33 bits per heavy atom. The minimum absolute atomic E-state index is 0.0410. The summed E-state index contributed by atoms with van der Waals surface area (Å²) in [5.74, 6) is -11.2. The number of fused-ring (bicyclic) bond motifs is 2. The van der Waals surface area contributed by atoms with Crippen LogP contribution in [0.5, 0.6) is 0 Å². The normalized spacial score (nSPS) is 22.1. The van der Waals surface area contributed by atoms with Crippen LogP contribution in [0.3, 0.4) is 0 Å². The standard InChI is InChI=1S/2C19H17F3N6O2/c1-11-8-26-13(2-3-24-26)10-25(11)19(30)28(27-9-12(7-23)4-17(27)29)14-5-15(20)18(22)16(21)6-14;1-10-8-27-15(2-3-24-27)18(26-9-11(7-23)4-16(26)29)28(10)19(30)25-12-5-13(20)17(22)14(21)6-12/h2-3,5-6,11-12H,4,8-10H2,1H3;2-3,5-6,10-11,18H,4,8-9H2,1H3,(H,25,30)/t11?,12-;10?,11-,18?/m01/s1. The number of likely N-dealkylation sites (tertiary alicyclic amines) is 1. The summed E-state index contributed by atoms with van der Waals surface area (Å²) >= 11 is 0. The van der Waals surface area contributed by atoms with Crippen molar-refractivity contribution < 1.29 is 45.5 Å². The predicted molar refractivity (Wildman–Crippen MR) is 194 cm³/mol. The number of aromatic nitrogens is 4. The van der Waals surface area contributed by atoms with Gasteiger partial charge in [0.15, 0.2) is 41.1 Å². The summed E-state index contributed by atoms with van der Waals surface area (Å²) in [6.07, 6.45) is 2.20. The number of hydrogen-bond acceptors (Lipinski definition) is 8. The molecular weight excluding hydrogens is 802 g/mol. The third kappa shape index (κ3) is 7.63. The van der Waals surface area contributed by atoms with Crippen molar-refractivity contribution in [1.82, 2.24) is 39.3 Å². The van der Waals surface area contributed by atoms with Crippen LogP contribution in [0.25, 0.3) is 0 Å². The van der Waals surface area contributed by atoms with E-state index < -0.39 is 76.9 Å². The molecular formula is C38H34F6N12O4. The zero-order valence-corrected chi connectivity index (χ0v) is 31.8. The topological polar surface area (TPSA) is 180 Å². The van der Waals surface area contributed by atoms with Gasteiger partial charge in [-0.25, -0.2) is 40.9 Å². The zero-order valence-electron chi connectivity index (χ0n) is 31.8. The molecule has 4 aromatic rings. The minimum atomic E-state index is -1.68. The summed E-state index contributed by atoms with van der Waals surface area (Å²) in [5, 5.41) is 31.0. The first-order chi connectivity index (χ1) is 28.6. The van der Waals surface area contributed by atoms with E-state index in [9.17, 15) is 56.0 Å². The van der Waals surface area contributed by atoms with Crippen LogP contribution in [0.15, 0.2) is 48.8 Å². The van der Waals surface area contributed by atoms with E-state index in [1.807, 2.05) is 6.07 Å². The van der Waals surface area contributed by atoms with Gasteiger partial charge in [0.25, 0.3) is 0 Å². The van der Waals surface area contributed by atoms with Gasteiger partial charge in [0.05, 0.1) is 79.3 Å². The molecule has 6 amide bonds. The SMILES string of the molecule is CC1Cn2nccc2C(N2C[C@@H](C#N)CC2=O)N1C(=O)Nc1cc(F)c(F)c(F)c1.CC1Cn2nccc2CN1C(=O)N(c1cc(F)c(F)c(F)c1)N1C[C@H](C#N)CC1=O. The number of benzene rings is 2. The van der Waals surface area contributed by atoms with Crippen LogP contribution in [-0.4, -0.2) is 88.3 Å². The van der Waals surface area contributed by atoms with Crippen molar-refractivity contribution >= 4 is 35.3 Å². The molecule has 0 radical (unpaired) electrons. The minimum Gasteiger partial charge on any atom is -0.315 e. The van der Waals surface area contributed by atoms with Crippen LogP contribution < -0.4 is 10.3 Å². The highest BCUT2D eigenvalue weighted by Gasteiger charge is 2.45. The lowest BCUT2D eigenvalue weighted by atomic mass is 10.1. The van der Waals surface area contributed by atoms with Crippen LogP contribution in [-0.2, 0) is 29.2 Å². The number of rotatable bonds is 4. The lowest BCUT2D eigenvalue weighted by Crippen LogP contribution is -2.57. The number of hydrogen-bond donors (Lipinski definition) is 1. The van der Waals surface area contributed by atoms with Crippen LogP contribution in [0.4, 0.5) is 47.3 Å². The molecule has 6 heterocycles. The summed E-state index contributed by atoms with van der Waals surface area (Å²) in [6, 6.07) is 7.89. The molecule has 1 N–H and O–H groups in total. The highest BCUT2D eigenvalue weighted by Crippen LogP contribution is 2.37. The van der Waals surface area contributed by atoms with Gasteiger partial charge < -0.3 is 15.1 Å². The molecule has 2 aromatic heterocycles. The van der Waals surface area contributed by atoms with E-state index in [2.05, 4.69) is 21.6 Å². The Hall–Kier alpha value is -7.10. The largest absolute Gasteiger partial charge is 0.344 e. The Morgan fingerprint density at radius 3 is 1.95 bits per heavy atom. The van der Waals surface area contributed by atoms with Gasteiger partial charge in [-0.15, -0.1) is 0 Å². The van der Waals surface area contributed by atoms with E-state index in [-0.39, 0.29) is 55.8 Å². The fourth-order valence-corrected chi connectivity index (χ4v) is 7.63. The molecule has 312 valence electrons. The van der Waals surface area contributed by atoms with Crippen LogP contribution in [0.1, 0.15) is 44.2 Å². The summed E-state index contributed by atoms with van der Waals surface area (Å²) in [5.41, 5.74) is 0.728. The van der Waals surface area contributed by atoms with Gasteiger partial charge in [0.2, 0.25) is 11.8 Å². The molecule has 2 saturated heterocycles. The van der Waals surface area contributed by atoms with E-state index in [0.717, 1.165) is 15.7 Å². The maximum atomic E-state index is 13.9. The fourth-order valence-electron chi connectivity index (χ4n) is 7.63. The van der Waals surface area contributed by atoms with Crippen molar-refractivity contribution in [2.24, 2.45) is 11.8 Å². The molecule has 0 aliphatic carbocycles. The average molecular weight is 837 g/mol. The van der Waals surface area contributed by atoms with Crippen LogP contribution in [0.2, 0.25) is 0 Å². The van der Waals surface area contributed by atoms with Gasteiger partial charge >= 0.3 is 12.1 Å². The highest BCUT2D eigenvalue weighted by molar-refractivity contribution is 5.96. The number of nitrogens with zero attached hydrogens (tertiary/aromatic N) is 11. The van der Waals surface area contributed by atoms with Crippen molar-refractivity contribution in [3.8, 4) is 12.1 Å². The van der Waals surface area contributed by atoms with Gasteiger partial charge in [0, 0.05) is 61.7 Å². The van der Waals surface area contributed by atoms with Crippen LogP contribution >= 0.6 is 0 Å². The Bertz CT molecular complexity index is 2420. The lowest BCUT2D eigenvalue weighted by Gasteiger charge is -2.44. The summed E-state index contributed by atoms with van der Waals surface area (Å²) in [6.45, 7) is 4.42. The molecule has 0 saturated carbocycles. The van der Waals surface area contributed by atoms with E-state index in [1.165, 1.54) is 14.7 Å². The Balaban J connectivity index is 0.000000181. The first kappa shape index (κ1) is 41.1. The van der Waals surface area contributed by atoms with Gasteiger partial charge in [-0.05, 0) is 26.0 Å². The van der Waals surface area contributed by atoms with Gasteiger partial charge in [0.1, 0.15) is 0 Å². The molecule has 4 aliphatic heterocycles.